The van der Waals surface area contributed by atoms with E-state index in [-0.39, 0.29) is 5.91 Å². The van der Waals surface area contributed by atoms with Crippen LogP contribution in [-0.4, -0.2) is 37.5 Å². The Bertz CT molecular complexity index is 364. The summed E-state index contributed by atoms with van der Waals surface area (Å²) in [5, 5.41) is 3.03. The summed E-state index contributed by atoms with van der Waals surface area (Å²) in [5.41, 5.74) is 1.08. The van der Waals surface area contributed by atoms with E-state index in [0.717, 1.165) is 25.2 Å². The molecule has 1 heterocycles. The quantitative estimate of drug-likeness (QED) is 0.848. The molecule has 1 amide bonds. The van der Waals surface area contributed by atoms with Crippen LogP contribution in [0.25, 0.3) is 0 Å². The zero-order chi connectivity index (χ0) is 12.1. The minimum absolute atomic E-state index is 0.130. The third-order valence-corrected chi connectivity index (χ3v) is 3.28. The predicted molar refractivity (Wildman–Crippen MR) is 68.8 cm³/mol. The van der Waals surface area contributed by atoms with E-state index in [1.165, 1.54) is 6.42 Å². The molecule has 2 rings (SSSR count). The van der Waals surface area contributed by atoms with Crippen molar-refractivity contribution >= 4 is 5.91 Å². The number of hydrogen-bond donors (Lipinski definition) is 1. The second kappa shape index (κ2) is 5.82. The van der Waals surface area contributed by atoms with Crippen LogP contribution in [-0.2, 0) is 11.2 Å². The third kappa shape index (κ3) is 3.86. The van der Waals surface area contributed by atoms with Gasteiger partial charge in [0.15, 0.2) is 0 Å². The molecule has 1 unspecified atom stereocenters. The lowest BCUT2D eigenvalue weighted by molar-refractivity contribution is -0.120. The van der Waals surface area contributed by atoms with Crippen LogP contribution in [0.1, 0.15) is 12.0 Å². The van der Waals surface area contributed by atoms with E-state index in [2.05, 4.69) is 17.3 Å². The van der Waals surface area contributed by atoms with Crippen LogP contribution < -0.4 is 5.32 Å². The van der Waals surface area contributed by atoms with Gasteiger partial charge in [0, 0.05) is 13.1 Å². The van der Waals surface area contributed by atoms with E-state index in [4.69, 9.17) is 0 Å². The highest BCUT2D eigenvalue weighted by molar-refractivity contribution is 5.78. The number of likely N-dealkylation sites (tertiary alicyclic amines) is 1. The van der Waals surface area contributed by atoms with Gasteiger partial charge in [-0.1, -0.05) is 30.3 Å². The predicted octanol–water partition coefficient (Wildman–Crippen LogP) is 1.30. The summed E-state index contributed by atoms with van der Waals surface area (Å²) in [6, 6.07) is 9.88. The first kappa shape index (κ1) is 12.1. The van der Waals surface area contributed by atoms with Gasteiger partial charge in [0.2, 0.25) is 5.91 Å². The molecule has 1 aromatic rings. The number of hydrogen-bond acceptors (Lipinski definition) is 2. The molecule has 0 bridgehead atoms. The largest absolute Gasteiger partial charge is 0.355 e. The fraction of sp³-hybridized carbons (Fsp3) is 0.500. The summed E-state index contributed by atoms with van der Waals surface area (Å²) in [5.74, 6) is 0.755. The Labute approximate surface area is 103 Å². The maximum absolute atomic E-state index is 11.7. The Morgan fingerprint density at radius 2 is 2.18 bits per heavy atom. The van der Waals surface area contributed by atoms with Crippen molar-refractivity contribution in [2.75, 3.05) is 26.7 Å². The van der Waals surface area contributed by atoms with Gasteiger partial charge in [0.25, 0.3) is 0 Å². The molecule has 3 nitrogen and oxygen atoms in total. The zero-order valence-corrected chi connectivity index (χ0v) is 10.4. The van der Waals surface area contributed by atoms with Gasteiger partial charge in [0.05, 0.1) is 6.42 Å². The van der Waals surface area contributed by atoms with Gasteiger partial charge in [-0.2, -0.15) is 0 Å². The first-order valence-electron chi connectivity index (χ1n) is 6.23. The molecule has 3 heteroatoms. The summed E-state index contributed by atoms with van der Waals surface area (Å²) in [6.07, 6.45) is 1.69. The molecule has 0 aliphatic carbocycles. The molecule has 1 fully saturated rings. The van der Waals surface area contributed by atoms with Gasteiger partial charge in [-0.25, -0.2) is 0 Å². The highest BCUT2D eigenvalue weighted by atomic mass is 16.1. The Morgan fingerprint density at radius 3 is 2.82 bits per heavy atom. The number of nitrogens with one attached hydrogen (secondary N) is 1. The van der Waals surface area contributed by atoms with Crippen molar-refractivity contribution in [2.45, 2.75) is 12.8 Å². The van der Waals surface area contributed by atoms with E-state index in [0.29, 0.717) is 12.3 Å². The Kier molecular flexibility index (Phi) is 4.15. The van der Waals surface area contributed by atoms with Gasteiger partial charge in [0.1, 0.15) is 0 Å². The molecule has 1 aliphatic rings. The van der Waals surface area contributed by atoms with Gasteiger partial charge >= 0.3 is 0 Å². The monoisotopic (exact) mass is 232 g/mol. The number of rotatable bonds is 4. The lowest BCUT2D eigenvalue weighted by Gasteiger charge is -2.11. The molecule has 0 aromatic heterocycles. The molecule has 0 saturated carbocycles. The maximum Gasteiger partial charge on any atom is 0.224 e. The number of amides is 1. The molecular formula is C14H20N2O. The Morgan fingerprint density at radius 1 is 1.41 bits per heavy atom. The minimum atomic E-state index is 0.130. The fourth-order valence-corrected chi connectivity index (χ4v) is 2.29. The molecule has 0 spiro atoms. The minimum Gasteiger partial charge on any atom is -0.355 e. The number of benzene rings is 1. The zero-order valence-electron chi connectivity index (χ0n) is 10.4. The van der Waals surface area contributed by atoms with Crippen molar-refractivity contribution in [1.29, 1.82) is 0 Å². The van der Waals surface area contributed by atoms with Gasteiger partial charge in [-0.3, -0.25) is 4.79 Å². The normalized spacial score (nSPS) is 20.4. The molecule has 17 heavy (non-hydrogen) atoms. The summed E-state index contributed by atoms with van der Waals surface area (Å²) in [6.45, 7) is 3.07. The van der Waals surface area contributed by atoms with Crippen LogP contribution in [0.5, 0.6) is 0 Å². The maximum atomic E-state index is 11.7. The summed E-state index contributed by atoms with van der Waals surface area (Å²) >= 11 is 0. The van der Waals surface area contributed by atoms with E-state index < -0.39 is 0 Å². The molecular weight excluding hydrogens is 212 g/mol. The second-order valence-electron chi connectivity index (χ2n) is 4.88. The van der Waals surface area contributed by atoms with E-state index >= 15 is 0 Å². The van der Waals surface area contributed by atoms with Crippen molar-refractivity contribution in [3.63, 3.8) is 0 Å². The van der Waals surface area contributed by atoms with Crippen LogP contribution in [0, 0.1) is 5.92 Å². The SMILES string of the molecule is CN1CCC(CNC(=O)Cc2ccccc2)C1. The topological polar surface area (TPSA) is 32.3 Å². The average molecular weight is 232 g/mol. The number of nitrogens with zero attached hydrogens (tertiary/aromatic N) is 1. The van der Waals surface area contributed by atoms with Crippen LogP contribution in [0.2, 0.25) is 0 Å². The summed E-state index contributed by atoms with van der Waals surface area (Å²) in [7, 11) is 2.13. The first-order chi connectivity index (χ1) is 8.24. The standard InChI is InChI=1S/C14H20N2O/c1-16-8-7-13(11-16)10-15-14(17)9-12-5-3-2-4-6-12/h2-6,13H,7-11H2,1H3,(H,15,17). The fourth-order valence-electron chi connectivity index (χ4n) is 2.29. The molecule has 1 N–H and O–H groups in total. The average Bonchev–Trinajstić information content (AvgIpc) is 2.74. The number of carbonyl (C=O) groups excluding carboxylic acids is 1. The lowest BCUT2D eigenvalue weighted by atomic mass is 10.1. The van der Waals surface area contributed by atoms with Crippen LogP contribution in [0.4, 0.5) is 0 Å². The highest BCUT2D eigenvalue weighted by Gasteiger charge is 2.19. The number of carbonyl (C=O) groups is 1. The van der Waals surface area contributed by atoms with Crippen molar-refractivity contribution in [3.05, 3.63) is 35.9 Å². The van der Waals surface area contributed by atoms with Crippen molar-refractivity contribution in [2.24, 2.45) is 5.92 Å². The van der Waals surface area contributed by atoms with E-state index in [1.807, 2.05) is 30.3 Å². The Hall–Kier alpha value is -1.35. The molecule has 92 valence electrons. The summed E-state index contributed by atoms with van der Waals surface area (Å²) < 4.78 is 0. The van der Waals surface area contributed by atoms with E-state index in [9.17, 15) is 4.79 Å². The summed E-state index contributed by atoms with van der Waals surface area (Å²) in [4.78, 5) is 14.0. The van der Waals surface area contributed by atoms with Crippen LogP contribution >= 0.6 is 0 Å². The van der Waals surface area contributed by atoms with Crippen LogP contribution in [0.15, 0.2) is 30.3 Å². The van der Waals surface area contributed by atoms with Crippen LogP contribution in [0.3, 0.4) is 0 Å². The molecule has 1 aliphatic heterocycles. The van der Waals surface area contributed by atoms with Crippen molar-refractivity contribution < 1.29 is 4.79 Å². The molecule has 1 saturated heterocycles. The van der Waals surface area contributed by atoms with Gasteiger partial charge in [-0.15, -0.1) is 0 Å². The van der Waals surface area contributed by atoms with Gasteiger partial charge < -0.3 is 10.2 Å². The molecule has 1 aromatic carbocycles. The Balaban J connectivity index is 1.71. The smallest absolute Gasteiger partial charge is 0.224 e. The van der Waals surface area contributed by atoms with E-state index in [1.54, 1.807) is 0 Å². The van der Waals surface area contributed by atoms with Crippen molar-refractivity contribution in [1.82, 2.24) is 10.2 Å². The van der Waals surface area contributed by atoms with Crippen molar-refractivity contribution in [3.8, 4) is 0 Å². The van der Waals surface area contributed by atoms with Gasteiger partial charge in [-0.05, 0) is 31.5 Å². The molecule has 1 atom stereocenters. The lowest BCUT2D eigenvalue weighted by Crippen LogP contribution is -2.31. The third-order valence-electron chi connectivity index (χ3n) is 3.28. The first-order valence-corrected chi connectivity index (χ1v) is 6.23. The highest BCUT2D eigenvalue weighted by Crippen LogP contribution is 2.12. The molecule has 0 radical (unpaired) electrons. The second-order valence-corrected chi connectivity index (χ2v) is 4.88.